The van der Waals surface area contributed by atoms with Crippen molar-refractivity contribution in [3.8, 4) is 17.0 Å². The zero-order valence-electron chi connectivity index (χ0n) is 14.2. The van der Waals surface area contributed by atoms with Crippen LogP contribution in [0.2, 0.25) is 5.02 Å². The van der Waals surface area contributed by atoms with Crippen molar-refractivity contribution in [1.29, 1.82) is 0 Å². The van der Waals surface area contributed by atoms with Crippen molar-refractivity contribution in [3.05, 3.63) is 70.4 Å². The van der Waals surface area contributed by atoms with Crippen LogP contribution in [0.15, 0.2) is 42.7 Å². The lowest BCUT2D eigenvalue weighted by atomic mass is 10.0. The van der Waals surface area contributed by atoms with Gasteiger partial charge in [-0.25, -0.2) is 19.7 Å². The Morgan fingerprint density at radius 1 is 1.23 bits per heavy atom. The molecule has 7 heteroatoms. The number of hydrogen-bond acceptors (Lipinski definition) is 5. The van der Waals surface area contributed by atoms with Gasteiger partial charge in [-0.1, -0.05) is 23.7 Å². The molecule has 0 aliphatic carbocycles. The molecule has 3 rings (SSSR count). The summed E-state index contributed by atoms with van der Waals surface area (Å²) < 4.78 is 5.37. The topological polar surface area (TPSA) is 85.2 Å². The Kier molecular flexibility index (Phi) is 5.14. The van der Waals surface area contributed by atoms with Gasteiger partial charge in [0.1, 0.15) is 0 Å². The molecule has 1 N–H and O–H groups in total. The molecule has 0 fully saturated rings. The maximum atomic E-state index is 11.0. The van der Waals surface area contributed by atoms with E-state index in [1.807, 2.05) is 24.3 Å². The second-order valence-corrected chi connectivity index (χ2v) is 6.13. The summed E-state index contributed by atoms with van der Waals surface area (Å²) in [7, 11) is 1.57. The van der Waals surface area contributed by atoms with Crippen LogP contribution >= 0.6 is 11.6 Å². The highest BCUT2D eigenvalue weighted by Gasteiger charge is 2.13. The van der Waals surface area contributed by atoms with Gasteiger partial charge in [-0.15, -0.1) is 0 Å². The molecule has 0 atom stereocenters. The standard InChI is InChI=1S/C19H16ClN3O3/c1-11-14(10-21-17(23-11)19(24)25)6-12-7-16(18(26-2)22-9-12)13-4-3-5-15(20)8-13/h3-5,7-10H,6H2,1-2H3,(H,24,25). The monoisotopic (exact) mass is 369 g/mol. The smallest absolute Gasteiger partial charge is 0.373 e. The average Bonchev–Trinajstić information content (AvgIpc) is 2.63. The molecular formula is C19H16ClN3O3. The number of nitrogens with zero attached hydrogens (tertiary/aromatic N) is 3. The summed E-state index contributed by atoms with van der Waals surface area (Å²) in [6.07, 6.45) is 3.78. The zero-order valence-corrected chi connectivity index (χ0v) is 15.0. The number of aromatic carboxylic acids is 1. The SMILES string of the molecule is COc1ncc(Cc2cnc(C(=O)O)nc2C)cc1-c1cccc(Cl)c1. The molecule has 3 aromatic rings. The van der Waals surface area contributed by atoms with Crippen LogP contribution in [0.25, 0.3) is 11.1 Å². The zero-order chi connectivity index (χ0) is 18.7. The van der Waals surface area contributed by atoms with Crippen molar-refractivity contribution in [1.82, 2.24) is 15.0 Å². The second kappa shape index (κ2) is 7.49. The number of aryl methyl sites for hydroxylation is 1. The molecule has 2 heterocycles. The Morgan fingerprint density at radius 2 is 2.04 bits per heavy atom. The van der Waals surface area contributed by atoms with Crippen molar-refractivity contribution in [2.24, 2.45) is 0 Å². The van der Waals surface area contributed by atoms with E-state index in [1.165, 1.54) is 6.20 Å². The normalized spacial score (nSPS) is 10.6. The van der Waals surface area contributed by atoms with Crippen LogP contribution in [-0.2, 0) is 6.42 Å². The predicted molar refractivity (Wildman–Crippen MR) is 97.8 cm³/mol. The van der Waals surface area contributed by atoms with E-state index in [2.05, 4.69) is 15.0 Å². The number of rotatable bonds is 5. The summed E-state index contributed by atoms with van der Waals surface area (Å²) >= 11 is 6.10. The Labute approximate surface area is 155 Å². The lowest BCUT2D eigenvalue weighted by molar-refractivity contribution is 0.0683. The quantitative estimate of drug-likeness (QED) is 0.736. The van der Waals surface area contributed by atoms with Crippen LogP contribution in [0, 0.1) is 6.92 Å². The fourth-order valence-corrected chi connectivity index (χ4v) is 2.80. The van der Waals surface area contributed by atoms with Crippen molar-refractivity contribution < 1.29 is 14.6 Å². The number of ether oxygens (including phenoxy) is 1. The van der Waals surface area contributed by atoms with Gasteiger partial charge in [0.15, 0.2) is 0 Å². The molecule has 2 aromatic heterocycles. The third kappa shape index (κ3) is 3.81. The molecule has 6 nitrogen and oxygen atoms in total. The van der Waals surface area contributed by atoms with Gasteiger partial charge in [0.25, 0.3) is 0 Å². The molecular weight excluding hydrogens is 354 g/mol. The summed E-state index contributed by atoms with van der Waals surface area (Å²) in [5, 5.41) is 9.60. The van der Waals surface area contributed by atoms with Gasteiger partial charge < -0.3 is 9.84 Å². The van der Waals surface area contributed by atoms with E-state index in [-0.39, 0.29) is 5.82 Å². The third-order valence-electron chi connectivity index (χ3n) is 3.90. The van der Waals surface area contributed by atoms with Gasteiger partial charge in [0, 0.05) is 35.1 Å². The Balaban J connectivity index is 1.97. The van der Waals surface area contributed by atoms with E-state index in [9.17, 15) is 4.79 Å². The first-order valence-corrected chi connectivity index (χ1v) is 8.20. The van der Waals surface area contributed by atoms with Gasteiger partial charge >= 0.3 is 5.97 Å². The third-order valence-corrected chi connectivity index (χ3v) is 4.14. The number of carboxylic acids is 1. The Bertz CT molecular complexity index is 976. The predicted octanol–water partition coefficient (Wildman–Crippen LogP) is 3.80. The van der Waals surface area contributed by atoms with E-state index in [1.54, 1.807) is 26.3 Å². The molecule has 1 aromatic carbocycles. The molecule has 0 unspecified atom stereocenters. The van der Waals surface area contributed by atoms with E-state index >= 15 is 0 Å². The van der Waals surface area contributed by atoms with Crippen molar-refractivity contribution in [3.63, 3.8) is 0 Å². The van der Waals surface area contributed by atoms with E-state index < -0.39 is 5.97 Å². The number of hydrogen-bond donors (Lipinski definition) is 1. The lowest BCUT2D eigenvalue weighted by Crippen LogP contribution is -2.07. The van der Waals surface area contributed by atoms with Crippen LogP contribution in [0.5, 0.6) is 5.88 Å². The van der Waals surface area contributed by atoms with Gasteiger partial charge in [-0.3, -0.25) is 0 Å². The largest absolute Gasteiger partial charge is 0.481 e. The van der Waals surface area contributed by atoms with Gasteiger partial charge in [-0.05, 0) is 41.8 Å². The number of pyridine rings is 1. The second-order valence-electron chi connectivity index (χ2n) is 5.70. The van der Waals surface area contributed by atoms with Gasteiger partial charge in [0.05, 0.1) is 7.11 Å². The summed E-state index contributed by atoms with van der Waals surface area (Å²) in [5.74, 6) is -0.849. The molecule has 0 amide bonds. The highest BCUT2D eigenvalue weighted by Crippen LogP contribution is 2.31. The van der Waals surface area contributed by atoms with Crippen molar-refractivity contribution in [2.75, 3.05) is 7.11 Å². The van der Waals surface area contributed by atoms with Crippen molar-refractivity contribution in [2.45, 2.75) is 13.3 Å². The fourth-order valence-electron chi connectivity index (χ4n) is 2.61. The Morgan fingerprint density at radius 3 is 2.69 bits per heavy atom. The Hall–Kier alpha value is -2.99. The number of aromatic nitrogens is 3. The highest BCUT2D eigenvalue weighted by atomic mass is 35.5. The molecule has 0 saturated carbocycles. The molecule has 26 heavy (non-hydrogen) atoms. The van der Waals surface area contributed by atoms with Crippen LogP contribution in [-0.4, -0.2) is 33.1 Å². The summed E-state index contributed by atoms with van der Waals surface area (Å²) in [4.78, 5) is 23.2. The van der Waals surface area contributed by atoms with Gasteiger partial charge in [0.2, 0.25) is 11.7 Å². The number of carbonyl (C=O) groups is 1. The maximum Gasteiger partial charge on any atom is 0.373 e. The van der Waals surface area contributed by atoms with E-state index in [0.29, 0.717) is 23.0 Å². The minimum Gasteiger partial charge on any atom is -0.481 e. The molecule has 0 aliphatic rings. The highest BCUT2D eigenvalue weighted by molar-refractivity contribution is 6.30. The minimum absolute atomic E-state index is 0.210. The molecule has 132 valence electrons. The van der Waals surface area contributed by atoms with Crippen LogP contribution in [0.1, 0.15) is 27.4 Å². The van der Waals surface area contributed by atoms with E-state index in [4.69, 9.17) is 21.4 Å². The lowest BCUT2D eigenvalue weighted by Gasteiger charge is -2.11. The number of benzene rings is 1. The number of methoxy groups -OCH3 is 1. The fraction of sp³-hybridized carbons (Fsp3) is 0.158. The van der Waals surface area contributed by atoms with Crippen LogP contribution in [0.4, 0.5) is 0 Å². The first-order chi connectivity index (χ1) is 12.5. The molecule has 0 bridgehead atoms. The molecule has 0 spiro atoms. The summed E-state index contributed by atoms with van der Waals surface area (Å²) in [5.41, 5.74) is 4.11. The number of halogens is 1. The summed E-state index contributed by atoms with van der Waals surface area (Å²) in [6.45, 7) is 1.76. The molecule has 0 aliphatic heterocycles. The maximum absolute atomic E-state index is 11.0. The van der Waals surface area contributed by atoms with Gasteiger partial charge in [-0.2, -0.15) is 0 Å². The number of carboxylic acid groups (broad SMARTS) is 1. The minimum atomic E-state index is -1.14. The van der Waals surface area contributed by atoms with Crippen LogP contribution in [0.3, 0.4) is 0 Å². The van der Waals surface area contributed by atoms with Crippen LogP contribution < -0.4 is 4.74 Å². The van der Waals surface area contributed by atoms with Crippen molar-refractivity contribution >= 4 is 17.6 Å². The molecule has 0 saturated heterocycles. The summed E-state index contributed by atoms with van der Waals surface area (Å²) in [6, 6.07) is 9.43. The average molecular weight is 370 g/mol. The first-order valence-electron chi connectivity index (χ1n) is 7.82. The molecule has 0 radical (unpaired) electrons. The first kappa shape index (κ1) is 17.8. The van der Waals surface area contributed by atoms with E-state index in [0.717, 1.165) is 22.3 Å².